The molecule has 7 heteroatoms. The number of rotatable bonds is 49. The van der Waals surface area contributed by atoms with Crippen molar-refractivity contribution >= 4 is 29.3 Å². The highest BCUT2D eigenvalue weighted by molar-refractivity contribution is 6.15. The van der Waals surface area contributed by atoms with Crippen molar-refractivity contribution < 1.29 is 28.3 Å². The molecule has 1 unspecified atom stereocenters. The van der Waals surface area contributed by atoms with E-state index >= 15 is 0 Å². The second-order valence-electron chi connectivity index (χ2n) is 21.3. The third-order valence-corrected chi connectivity index (χ3v) is 13.2. The number of esters is 2. The van der Waals surface area contributed by atoms with Crippen LogP contribution >= 0.6 is 11.6 Å². The van der Waals surface area contributed by atoms with Crippen molar-refractivity contribution in [2.75, 3.05) is 47.3 Å². The average molecular weight is 958 g/mol. The molecule has 396 valence electrons. The number of Topliss-reactive ketones (excluding diaryl/α,β-unsaturated/α-hetero) is 1. The number of nitrogens with zero attached hydrogens (tertiary/aromatic N) is 1. The van der Waals surface area contributed by atoms with Crippen LogP contribution in [-0.4, -0.2) is 69.5 Å². The highest BCUT2D eigenvalue weighted by Crippen LogP contribution is 2.27. The molecular formula is C59H119ClNO5+. The van der Waals surface area contributed by atoms with E-state index in [1.54, 1.807) is 6.92 Å². The summed E-state index contributed by atoms with van der Waals surface area (Å²) in [6, 6.07) is 0. The Morgan fingerprint density at radius 3 is 0.773 bits per heavy atom. The molecule has 0 heterocycles. The SMILES string of the molecule is CCCCCCCCCCCCCC(C)=O.CCCCCCCCCCCCCCCCCCCC(=O)OCC(CC)(COC(=O)CCCCCCCCCCCCC)C[N+](C)(C)C.CCl. The Hall–Kier alpha value is -1.14. The molecule has 0 aromatic carbocycles. The first-order chi connectivity index (χ1) is 31.9. The van der Waals surface area contributed by atoms with Gasteiger partial charge in [0, 0.05) is 25.6 Å². The van der Waals surface area contributed by atoms with Gasteiger partial charge < -0.3 is 18.8 Å². The number of alkyl halides is 1. The molecule has 0 bridgehead atoms. The lowest BCUT2D eigenvalue weighted by Gasteiger charge is -2.37. The molecule has 0 saturated carbocycles. The van der Waals surface area contributed by atoms with E-state index in [4.69, 9.17) is 9.47 Å². The molecule has 0 aromatic heterocycles. The number of carbonyl (C=O) groups excluding carboxylic acids is 3. The third-order valence-electron chi connectivity index (χ3n) is 13.2. The fraction of sp³-hybridized carbons (Fsp3) is 0.949. The summed E-state index contributed by atoms with van der Waals surface area (Å²) < 4.78 is 12.4. The maximum Gasteiger partial charge on any atom is 0.305 e. The molecule has 0 fully saturated rings. The summed E-state index contributed by atoms with van der Waals surface area (Å²) >= 11 is 4.64. The standard InChI is InChI=1S/C43H86NO4.C15H30O.CH3Cl/c1-7-10-12-14-16-18-20-21-22-23-24-25-27-29-31-33-35-37-42(46)48-40-43(9-3,38-44(4,5)6)39-47-41(45)36-34-32-30-28-26-19-17-15-13-11-8-2;1-3-4-5-6-7-8-9-10-11-12-13-14-15(2)16;1-2/h7-40H2,1-6H3;3-14H2,1-2H3;1H3/q+1;;. The number of carbonyl (C=O) groups is 3. The van der Waals surface area contributed by atoms with Crippen LogP contribution in [0.2, 0.25) is 0 Å². The number of quaternary nitrogens is 1. The van der Waals surface area contributed by atoms with Gasteiger partial charge in [-0.2, -0.15) is 0 Å². The minimum Gasteiger partial charge on any atom is -0.465 e. The minimum atomic E-state index is -0.352. The van der Waals surface area contributed by atoms with Crippen LogP contribution in [0.1, 0.15) is 311 Å². The summed E-state index contributed by atoms with van der Waals surface area (Å²) in [7, 11) is 6.45. The minimum absolute atomic E-state index is 0.109. The lowest BCUT2D eigenvalue weighted by molar-refractivity contribution is -0.877. The molecule has 66 heavy (non-hydrogen) atoms. The lowest BCUT2D eigenvalue weighted by Crippen LogP contribution is -2.49. The maximum absolute atomic E-state index is 12.7. The molecule has 0 aromatic rings. The molecule has 0 spiro atoms. The van der Waals surface area contributed by atoms with Crippen molar-refractivity contribution in [2.24, 2.45) is 5.41 Å². The van der Waals surface area contributed by atoms with E-state index in [0.717, 1.165) is 56.0 Å². The smallest absolute Gasteiger partial charge is 0.305 e. The van der Waals surface area contributed by atoms with Crippen LogP contribution in [0.4, 0.5) is 0 Å². The maximum atomic E-state index is 12.7. The summed E-state index contributed by atoms with van der Waals surface area (Å²) in [5.74, 6) is 0.124. The monoisotopic (exact) mass is 957 g/mol. The summed E-state index contributed by atoms with van der Waals surface area (Å²) in [4.78, 5) is 36.0. The van der Waals surface area contributed by atoms with Crippen LogP contribution < -0.4 is 0 Å². The average Bonchev–Trinajstić information content (AvgIpc) is 3.29. The summed E-state index contributed by atoms with van der Waals surface area (Å²) in [6.07, 6.45) is 55.6. The van der Waals surface area contributed by atoms with Crippen LogP contribution in [0.15, 0.2) is 0 Å². The predicted molar refractivity (Wildman–Crippen MR) is 291 cm³/mol. The van der Waals surface area contributed by atoms with E-state index in [2.05, 4.69) is 60.4 Å². The van der Waals surface area contributed by atoms with E-state index in [1.807, 2.05) is 0 Å². The van der Waals surface area contributed by atoms with E-state index in [1.165, 1.54) is 225 Å². The molecule has 0 saturated heterocycles. The largest absolute Gasteiger partial charge is 0.465 e. The highest BCUT2D eigenvalue weighted by atomic mass is 35.5. The Kier molecular flexibility index (Phi) is 57.4. The van der Waals surface area contributed by atoms with Gasteiger partial charge in [0.1, 0.15) is 19.0 Å². The van der Waals surface area contributed by atoms with Gasteiger partial charge >= 0.3 is 11.9 Å². The van der Waals surface area contributed by atoms with Gasteiger partial charge in [-0.15, -0.1) is 11.6 Å². The van der Waals surface area contributed by atoms with Crippen molar-refractivity contribution in [1.29, 1.82) is 0 Å². The van der Waals surface area contributed by atoms with Gasteiger partial charge in [0.25, 0.3) is 0 Å². The van der Waals surface area contributed by atoms with E-state index in [0.29, 0.717) is 31.8 Å². The predicted octanol–water partition coefficient (Wildman–Crippen LogP) is 19.0. The zero-order valence-corrected chi connectivity index (χ0v) is 47.1. The van der Waals surface area contributed by atoms with Gasteiger partial charge in [0.05, 0.1) is 33.1 Å². The van der Waals surface area contributed by atoms with Gasteiger partial charge in [-0.1, -0.05) is 259 Å². The van der Waals surface area contributed by atoms with Gasteiger partial charge in [0.15, 0.2) is 0 Å². The number of ketones is 1. The van der Waals surface area contributed by atoms with E-state index in [9.17, 15) is 14.4 Å². The van der Waals surface area contributed by atoms with E-state index in [-0.39, 0.29) is 17.4 Å². The summed E-state index contributed by atoms with van der Waals surface area (Å²) in [5.41, 5.74) is -0.352. The summed E-state index contributed by atoms with van der Waals surface area (Å²) in [5, 5.41) is 0. The second-order valence-corrected chi connectivity index (χ2v) is 21.3. The molecule has 0 aliphatic heterocycles. The van der Waals surface area contributed by atoms with Gasteiger partial charge in [-0.05, 0) is 32.6 Å². The molecule has 1 atom stereocenters. The molecule has 0 aliphatic rings. The Bertz CT molecular complexity index is 999. The van der Waals surface area contributed by atoms with Crippen molar-refractivity contribution in [3.63, 3.8) is 0 Å². The van der Waals surface area contributed by atoms with Crippen LogP contribution in [0, 0.1) is 5.41 Å². The lowest BCUT2D eigenvalue weighted by atomic mass is 9.85. The molecule has 0 radical (unpaired) electrons. The highest BCUT2D eigenvalue weighted by Gasteiger charge is 2.37. The fourth-order valence-corrected chi connectivity index (χ4v) is 9.03. The van der Waals surface area contributed by atoms with Crippen LogP contribution in [0.3, 0.4) is 0 Å². The number of hydrogen-bond donors (Lipinski definition) is 0. The number of halogens is 1. The van der Waals surface area contributed by atoms with Gasteiger partial charge in [-0.3, -0.25) is 9.59 Å². The molecular weight excluding hydrogens is 838 g/mol. The van der Waals surface area contributed by atoms with Crippen LogP contribution in [-0.2, 0) is 23.9 Å². The number of unbranched alkanes of at least 4 members (excludes halogenated alkanes) is 36. The number of ether oxygens (including phenoxy) is 2. The van der Waals surface area contributed by atoms with Gasteiger partial charge in [-0.25, -0.2) is 0 Å². The van der Waals surface area contributed by atoms with Crippen molar-refractivity contribution in [3.8, 4) is 0 Å². The van der Waals surface area contributed by atoms with Crippen LogP contribution in [0.25, 0.3) is 0 Å². The zero-order valence-electron chi connectivity index (χ0n) is 46.4. The molecule has 6 nitrogen and oxygen atoms in total. The third kappa shape index (κ3) is 57.2. The Morgan fingerprint density at radius 2 is 0.576 bits per heavy atom. The molecule has 0 aliphatic carbocycles. The van der Waals surface area contributed by atoms with E-state index < -0.39 is 0 Å². The first kappa shape index (κ1) is 69.1. The topological polar surface area (TPSA) is 69.7 Å². The fourth-order valence-electron chi connectivity index (χ4n) is 9.03. The quantitative estimate of drug-likeness (QED) is 0.0263. The first-order valence-electron chi connectivity index (χ1n) is 28.9. The Morgan fingerprint density at radius 1 is 0.364 bits per heavy atom. The van der Waals surface area contributed by atoms with Crippen LogP contribution in [0.5, 0.6) is 0 Å². The Balaban J connectivity index is -0.00000184. The Labute approximate surface area is 419 Å². The second kappa shape index (κ2) is 54.8. The molecule has 0 N–H and O–H groups in total. The summed E-state index contributed by atoms with van der Waals surface area (Å²) in [6.45, 7) is 12.1. The zero-order chi connectivity index (χ0) is 49.7. The van der Waals surface area contributed by atoms with Gasteiger partial charge in [0.2, 0.25) is 0 Å². The molecule has 0 amide bonds. The van der Waals surface area contributed by atoms with Crippen molar-refractivity contribution in [3.05, 3.63) is 0 Å². The van der Waals surface area contributed by atoms with Crippen molar-refractivity contribution in [1.82, 2.24) is 0 Å². The normalized spacial score (nSPS) is 12.2. The van der Waals surface area contributed by atoms with Crippen molar-refractivity contribution in [2.45, 2.75) is 311 Å². The molecule has 0 rings (SSSR count). The first-order valence-corrected chi connectivity index (χ1v) is 29.7. The number of hydrogen-bond acceptors (Lipinski definition) is 5.